The molecule has 146 valence electrons. The van der Waals surface area contributed by atoms with Crippen LogP contribution in [0.3, 0.4) is 0 Å². The van der Waals surface area contributed by atoms with Gasteiger partial charge >= 0.3 is 5.97 Å². The van der Waals surface area contributed by atoms with Gasteiger partial charge in [-0.25, -0.2) is 18.2 Å². The Kier molecular flexibility index (Phi) is 5.05. The standard InChI is InChI=1S/C19H18N2O5S2/c1-25-19(22)18-16(9-11-27-18)28(23,24)21-10-8-14(12-21)26-17-7-6-13-4-2-3-5-15(13)20-17/h2-7,9,11,14H,8,10,12H2,1H3. The molecule has 0 aliphatic carbocycles. The Morgan fingerprint density at radius 3 is 2.86 bits per heavy atom. The fourth-order valence-electron chi connectivity index (χ4n) is 3.18. The first-order valence-electron chi connectivity index (χ1n) is 8.67. The van der Waals surface area contributed by atoms with Crippen LogP contribution in [0.25, 0.3) is 10.9 Å². The van der Waals surface area contributed by atoms with Crippen LogP contribution in [0, 0.1) is 0 Å². The zero-order chi connectivity index (χ0) is 19.7. The summed E-state index contributed by atoms with van der Waals surface area (Å²) in [6.07, 6.45) is 0.245. The Labute approximate surface area is 166 Å². The number of methoxy groups -OCH3 is 1. The summed E-state index contributed by atoms with van der Waals surface area (Å²) in [5.74, 6) is -0.185. The molecule has 0 bridgehead atoms. The van der Waals surface area contributed by atoms with Gasteiger partial charge in [0.2, 0.25) is 15.9 Å². The maximum atomic E-state index is 13.0. The van der Waals surface area contributed by atoms with E-state index in [1.165, 1.54) is 17.5 Å². The molecule has 0 spiro atoms. The number of fused-ring (bicyclic) bond motifs is 1. The summed E-state index contributed by atoms with van der Waals surface area (Å²) in [7, 11) is -2.57. The first-order chi connectivity index (χ1) is 13.5. The van der Waals surface area contributed by atoms with E-state index >= 15 is 0 Å². The van der Waals surface area contributed by atoms with E-state index in [2.05, 4.69) is 9.72 Å². The molecule has 1 aliphatic heterocycles. The van der Waals surface area contributed by atoms with E-state index in [0.717, 1.165) is 22.2 Å². The largest absolute Gasteiger partial charge is 0.473 e. The number of hydrogen-bond donors (Lipinski definition) is 0. The van der Waals surface area contributed by atoms with Crippen LogP contribution < -0.4 is 4.74 Å². The monoisotopic (exact) mass is 418 g/mol. The van der Waals surface area contributed by atoms with Gasteiger partial charge in [-0.05, 0) is 30.0 Å². The molecule has 7 nitrogen and oxygen atoms in total. The van der Waals surface area contributed by atoms with Gasteiger partial charge in [0.1, 0.15) is 15.9 Å². The number of sulfonamides is 1. The molecule has 2 aromatic heterocycles. The van der Waals surface area contributed by atoms with Gasteiger partial charge in [0, 0.05) is 18.0 Å². The highest BCUT2D eigenvalue weighted by Gasteiger charge is 2.36. The lowest BCUT2D eigenvalue weighted by Crippen LogP contribution is -2.31. The number of thiophene rings is 1. The number of para-hydroxylation sites is 1. The third-order valence-corrected chi connectivity index (χ3v) is 7.52. The quantitative estimate of drug-likeness (QED) is 0.592. The van der Waals surface area contributed by atoms with Crippen LogP contribution in [-0.4, -0.2) is 50.0 Å². The molecule has 1 fully saturated rings. The molecule has 3 heterocycles. The smallest absolute Gasteiger partial charge is 0.349 e. The minimum atomic E-state index is -3.80. The zero-order valence-electron chi connectivity index (χ0n) is 15.1. The van der Waals surface area contributed by atoms with Gasteiger partial charge in [-0.1, -0.05) is 18.2 Å². The van der Waals surface area contributed by atoms with E-state index in [1.807, 2.05) is 30.3 Å². The van der Waals surface area contributed by atoms with Gasteiger partial charge < -0.3 is 9.47 Å². The molecule has 1 atom stereocenters. The average Bonchev–Trinajstić information content (AvgIpc) is 3.37. The van der Waals surface area contributed by atoms with Crippen molar-refractivity contribution < 1.29 is 22.7 Å². The molecule has 0 radical (unpaired) electrons. The Balaban J connectivity index is 1.50. The lowest BCUT2D eigenvalue weighted by Gasteiger charge is -2.17. The summed E-state index contributed by atoms with van der Waals surface area (Å²) >= 11 is 1.05. The number of pyridine rings is 1. The SMILES string of the molecule is COC(=O)c1sccc1S(=O)(=O)N1CCC(Oc2ccc3ccccc3n2)C1. The molecule has 1 unspecified atom stereocenters. The fraction of sp³-hybridized carbons (Fsp3) is 0.263. The number of nitrogens with zero attached hydrogens (tertiary/aromatic N) is 2. The number of carbonyl (C=O) groups excluding carboxylic acids is 1. The lowest BCUT2D eigenvalue weighted by atomic mass is 10.2. The summed E-state index contributed by atoms with van der Waals surface area (Å²) in [5, 5.41) is 2.58. The van der Waals surface area contributed by atoms with Crippen molar-refractivity contribution in [2.75, 3.05) is 20.2 Å². The Morgan fingerprint density at radius 2 is 2.04 bits per heavy atom. The molecule has 1 aromatic carbocycles. The lowest BCUT2D eigenvalue weighted by molar-refractivity contribution is 0.0602. The van der Waals surface area contributed by atoms with Crippen molar-refractivity contribution in [3.63, 3.8) is 0 Å². The van der Waals surface area contributed by atoms with Gasteiger partial charge in [0.15, 0.2) is 0 Å². The molecule has 4 rings (SSSR count). The molecule has 0 N–H and O–H groups in total. The van der Waals surface area contributed by atoms with Crippen molar-refractivity contribution in [3.05, 3.63) is 52.7 Å². The van der Waals surface area contributed by atoms with Crippen LogP contribution in [0.5, 0.6) is 5.88 Å². The first-order valence-corrected chi connectivity index (χ1v) is 11.0. The predicted molar refractivity (Wildman–Crippen MR) is 105 cm³/mol. The summed E-state index contributed by atoms with van der Waals surface area (Å²) in [6.45, 7) is 0.518. The van der Waals surface area contributed by atoms with Crippen molar-refractivity contribution in [2.45, 2.75) is 17.4 Å². The number of esters is 1. The molecule has 0 amide bonds. The van der Waals surface area contributed by atoms with Crippen LogP contribution >= 0.6 is 11.3 Å². The number of hydrogen-bond acceptors (Lipinski definition) is 7. The summed E-state index contributed by atoms with van der Waals surface area (Å²) < 4.78 is 37.9. The average molecular weight is 418 g/mol. The van der Waals surface area contributed by atoms with Crippen molar-refractivity contribution in [2.24, 2.45) is 0 Å². The van der Waals surface area contributed by atoms with Crippen molar-refractivity contribution in [3.8, 4) is 5.88 Å². The van der Waals surface area contributed by atoms with Crippen LogP contribution in [-0.2, 0) is 14.8 Å². The fourth-order valence-corrected chi connectivity index (χ4v) is 5.97. The number of aromatic nitrogens is 1. The molecule has 1 aliphatic rings. The maximum absolute atomic E-state index is 13.0. The summed E-state index contributed by atoms with van der Waals surface area (Å²) in [6, 6.07) is 12.9. The molecule has 0 saturated carbocycles. The third kappa shape index (κ3) is 3.48. The maximum Gasteiger partial charge on any atom is 0.349 e. The number of benzene rings is 1. The van der Waals surface area contributed by atoms with Crippen LogP contribution in [0.1, 0.15) is 16.1 Å². The topological polar surface area (TPSA) is 85.8 Å². The van der Waals surface area contributed by atoms with Crippen LogP contribution in [0.15, 0.2) is 52.7 Å². The van der Waals surface area contributed by atoms with E-state index in [4.69, 9.17) is 4.74 Å². The predicted octanol–water partition coefficient (Wildman–Crippen LogP) is 2.92. The van der Waals surface area contributed by atoms with Crippen LogP contribution in [0.2, 0.25) is 0 Å². The molecular weight excluding hydrogens is 400 g/mol. The van der Waals surface area contributed by atoms with Crippen LogP contribution in [0.4, 0.5) is 0 Å². The van der Waals surface area contributed by atoms with Crippen molar-refractivity contribution in [1.82, 2.24) is 9.29 Å². The molecule has 1 saturated heterocycles. The van der Waals surface area contributed by atoms with E-state index in [-0.39, 0.29) is 22.4 Å². The molecule has 28 heavy (non-hydrogen) atoms. The van der Waals surface area contributed by atoms with Gasteiger partial charge in [0.25, 0.3) is 0 Å². The van der Waals surface area contributed by atoms with E-state index < -0.39 is 16.0 Å². The number of carbonyl (C=O) groups is 1. The van der Waals surface area contributed by atoms with E-state index in [1.54, 1.807) is 11.4 Å². The highest BCUT2D eigenvalue weighted by molar-refractivity contribution is 7.89. The highest BCUT2D eigenvalue weighted by atomic mass is 32.2. The first kappa shape index (κ1) is 18.9. The third-order valence-electron chi connectivity index (χ3n) is 4.59. The number of ether oxygens (including phenoxy) is 2. The second-order valence-corrected chi connectivity index (χ2v) is 9.16. The molecule has 9 heteroatoms. The second kappa shape index (κ2) is 7.50. The Hall–Kier alpha value is -2.49. The van der Waals surface area contributed by atoms with Gasteiger partial charge in [0.05, 0.1) is 19.2 Å². The van der Waals surface area contributed by atoms with Crippen molar-refractivity contribution in [1.29, 1.82) is 0 Å². The van der Waals surface area contributed by atoms with E-state index in [0.29, 0.717) is 18.8 Å². The minimum Gasteiger partial charge on any atom is -0.473 e. The van der Waals surface area contributed by atoms with Gasteiger partial charge in [-0.15, -0.1) is 11.3 Å². The van der Waals surface area contributed by atoms with Gasteiger partial charge in [-0.3, -0.25) is 0 Å². The summed E-state index contributed by atoms with van der Waals surface area (Å²) in [5.41, 5.74) is 0.823. The minimum absolute atomic E-state index is 0.0196. The Morgan fingerprint density at radius 1 is 1.21 bits per heavy atom. The molecular formula is C19H18N2O5S2. The second-order valence-electron chi connectivity index (χ2n) is 6.34. The van der Waals surface area contributed by atoms with Gasteiger partial charge in [-0.2, -0.15) is 4.31 Å². The zero-order valence-corrected chi connectivity index (χ0v) is 16.7. The molecule has 3 aromatic rings. The highest BCUT2D eigenvalue weighted by Crippen LogP contribution is 2.29. The summed E-state index contributed by atoms with van der Waals surface area (Å²) in [4.78, 5) is 16.4. The number of rotatable bonds is 5. The normalized spacial score (nSPS) is 17.7. The Bertz CT molecular complexity index is 1130. The van der Waals surface area contributed by atoms with Crippen molar-refractivity contribution >= 4 is 38.2 Å². The van der Waals surface area contributed by atoms with E-state index in [9.17, 15) is 13.2 Å².